The molecule has 5 nitrogen and oxygen atoms in total. The number of aryl methyl sites for hydroxylation is 1. The minimum atomic E-state index is -0.532. The minimum Gasteiger partial charge on any atom is -0.493 e. The summed E-state index contributed by atoms with van der Waals surface area (Å²) in [4.78, 5) is 11.3. The molecular formula is C14H22N2O3. The van der Waals surface area contributed by atoms with Gasteiger partial charge in [0.05, 0.1) is 12.7 Å². The largest absolute Gasteiger partial charge is 0.493 e. The van der Waals surface area contributed by atoms with E-state index in [0.29, 0.717) is 13.2 Å². The Morgan fingerprint density at radius 1 is 1.37 bits per heavy atom. The zero-order valence-electron chi connectivity index (χ0n) is 11.5. The number of urea groups is 1. The number of carbonyl (C=O) groups excluding carboxylic acids is 1. The quantitative estimate of drug-likeness (QED) is 0.654. The lowest BCUT2D eigenvalue weighted by Gasteiger charge is -2.10. The average Bonchev–Trinajstić information content (AvgIpc) is 2.38. The lowest BCUT2D eigenvalue weighted by atomic mass is 10.2. The standard InChI is InChI=1S/C14H22N2O3/c1-11-6-3-4-7-13(11)19-9-5-8-15-14(18)16-10-12(2)17/h3-4,6-7,12,17H,5,8-10H2,1-2H3,(H2,15,16,18)/t12-/m1/s1. The molecule has 1 rings (SSSR count). The smallest absolute Gasteiger partial charge is 0.314 e. The molecule has 3 N–H and O–H groups in total. The van der Waals surface area contributed by atoms with Gasteiger partial charge in [-0.05, 0) is 31.9 Å². The van der Waals surface area contributed by atoms with Crippen molar-refractivity contribution in [2.75, 3.05) is 19.7 Å². The normalized spacial score (nSPS) is 11.7. The molecule has 0 aliphatic rings. The molecule has 0 saturated carbocycles. The topological polar surface area (TPSA) is 70.6 Å². The van der Waals surface area contributed by atoms with E-state index in [1.165, 1.54) is 0 Å². The molecule has 1 atom stereocenters. The maximum Gasteiger partial charge on any atom is 0.314 e. The maximum absolute atomic E-state index is 11.3. The van der Waals surface area contributed by atoms with Crippen molar-refractivity contribution in [3.63, 3.8) is 0 Å². The third-order valence-electron chi connectivity index (χ3n) is 2.52. The summed E-state index contributed by atoms with van der Waals surface area (Å²) in [7, 11) is 0. The fourth-order valence-electron chi connectivity index (χ4n) is 1.48. The van der Waals surface area contributed by atoms with E-state index in [0.717, 1.165) is 17.7 Å². The molecule has 0 saturated heterocycles. The van der Waals surface area contributed by atoms with E-state index in [1.807, 2.05) is 31.2 Å². The van der Waals surface area contributed by atoms with Gasteiger partial charge in [0.25, 0.3) is 0 Å². The van der Waals surface area contributed by atoms with Gasteiger partial charge < -0.3 is 20.5 Å². The van der Waals surface area contributed by atoms with Crippen molar-refractivity contribution in [1.82, 2.24) is 10.6 Å². The maximum atomic E-state index is 11.3. The number of hydrogen-bond acceptors (Lipinski definition) is 3. The van der Waals surface area contributed by atoms with Gasteiger partial charge in [-0.2, -0.15) is 0 Å². The van der Waals surface area contributed by atoms with Crippen LogP contribution in [0.3, 0.4) is 0 Å². The number of amides is 2. The first-order valence-electron chi connectivity index (χ1n) is 6.48. The van der Waals surface area contributed by atoms with Crippen LogP contribution in [-0.4, -0.2) is 36.9 Å². The number of nitrogens with one attached hydrogen (secondary N) is 2. The molecule has 0 aliphatic carbocycles. The Morgan fingerprint density at radius 2 is 2.11 bits per heavy atom. The van der Waals surface area contributed by atoms with Crippen LogP contribution in [-0.2, 0) is 0 Å². The van der Waals surface area contributed by atoms with Crippen molar-refractivity contribution >= 4 is 6.03 Å². The van der Waals surface area contributed by atoms with Gasteiger partial charge in [-0.3, -0.25) is 0 Å². The molecule has 0 bridgehead atoms. The van der Waals surface area contributed by atoms with Gasteiger partial charge in [0.15, 0.2) is 0 Å². The zero-order valence-corrected chi connectivity index (χ0v) is 11.5. The lowest BCUT2D eigenvalue weighted by Crippen LogP contribution is -2.39. The monoisotopic (exact) mass is 266 g/mol. The lowest BCUT2D eigenvalue weighted by molar-refractivity contribution is 0.187. The summed E-state index contributed by atoms with van der Waals surface area (Å²) in [5, 5.41) is 14.3. The Kier molecular flexibility index (Phi) is 6.74. The molecular weight excluding hydrogens is 244 g/mol. The van der Waals surface area contributed by atoms with Gasteiger partial charge in [0, 0.05) is 13.1 Å². The Bertz CT molecular complexity index is 394. The SMILES string of the molecule is Cc1ccccc1OCCCNC(=O)NC[C@@H](C)O. The fraction of sp³-hybridized carbons (Fsp3) is 0.500. The Labute approximate surface area is 114 Å². The molecule has 2 amide bonds. The molecule has 0 aromatic heterocycles. The number of hydrogen-bond donors (Lipinski definition) is 3. The summed E-state index contributed by atoms with van der Waals surface area (Å²) in [6.45, 7) is 4.97. The van der Waals surface area contributed by atoms with Gasteiger partial charge in [-0.25, -0.2) is 4.79 Å². The van der Waals surface area contributed by atoms with Crippen LogP contribution in [0, 0.1) is 6.92 Å². The van der Waals surface area contributed by atoms with Crippen LogP contribution < -0.4 is 15.4 Å². The van der Waals surface area contributed by atoms with Crippen molar-refractivity contribution in [2.45, 2.75) is 26.4 Å². The third-order valence-corrected chi connectivity index (χ3v) is 2.52. The minimum absolute atomic E-state index is 0.255. The second-order valence-corrected chi connectivity index (χ2v) is 4.45. The van der Waals surface area contributed by atoms with E-state index in [4.69, 9.17) is 9.84 Å². The molecule has 1 aromatic carbocycles. The first-order valence-corrected chi connectivity index (χ1v) is 6.48. The molecule has 0 unspecified atom stereocenters. The van der Waals surface area contributed by atoms with Gasteiger partial charge in [0.2, 0.25) is 0 Å². The van der Waals surface area contributed by atoms with Crippen molar-refractivity contribution in [3.8, 4) is 5.75 Å². The van der Waals surface area contributed by atoms with Crippen LogP contribution >= 0.6 is 0 Å². The second-order valence-electron chi connectivity index (χ2n) is 4.45. The summed E-state index contributed by atoms with van der Waals surface area (Å²) in [5.74, 6) is 0.876. The number of aliphatic hydroxyl groups is 1. The van der Waals surface area contributed by atoms with Crippen LogP contribution in [0.25, 0.3) is 0 Å². The summed E-state index contributed by atoms with van der Waals surface area (Å²) in [5.41, 5.74) is 1.10. The van der Waals surface area contributed by atoms with Gasteiger partial charge in [0.1, 0.15) is 5.75 Å². The molecule has 0 aliphatic heterocycles. The number of benzene rings is 1. The second kappa shape index (κ2) is 8.37. The number of ether oxygens (including phenoxy) is 1. The number of para-hydroxylation sites is 1. The van der Waals surface area contributed by atoms with E-state index < -0.39 is 6.10 Å². The highest BCUT2D eigenvalue weighted by atomic mass is 16.5. The molecule has 1 aromatic rings. The first kappa shape index (κ1) is 15.3. The predicted molar refractivity (Wildman–Crippen MR) is 74.4 cm³/mol. The highest BCUT2D eigenvalue weighted by Gasteiger charge is 2.01. The zero-order chi connectivity index (χ0) is 14.1. The van der Waals surface area contributed by atoms with Gasteiger partial charge >= 0.3 is 6.03 Å². The van der Waals surface area contributed by atoms with Crippen LogP contribution in [0.15, 0.2) is 24.3 Å². The summed E-state index contributed by atoms with van der Waals surface area (Å²) >= 11 is 0. The van der Waals surface area contributed by atoms with E-state index in [2.05, 4.69) is 10.6 Å². The number of aliphatic hydroxyl groups excluding tert-OH is 1. The fourth-order valence-corrected chi connectivity index (χ4v) is 1.48. The molecule has 0 spiro atoms. The van der Waals surface area contributed by atoms with Crippen molar-refractivity contribution in [3.05, 3.63) is 29.8 Å². The van der Waals surface area contributed by atoms with Crippen molar-refractivity contribution in [1.29, 1.82) is 0 Å². The summed E-state index contributed by atoms with van der Waals surface area (Å²) in [6.07, 6.45) is 0.200. The van der Waals surface area contributed by atoms with E-state index in [1.54, 1.807) is 6.92 Å². The van der Waals surface area contributed by atoms with Crippen LogP contribution in [0.2, 0.25) is 0 Å². The third kappa shape index (κ3) is 6.67. The van der Waals surface area contributed by atoms with Crippen molar-refractivity contribution < 1.29 is 14.6 Å². The van der Waals surface area contributed by atoms with Crippen molar-refractivity contribution in [2.24, 2.45) is 0 Å². The predicted octanol–water partition coefficient (Wildman–Crippen LogP) is 1.44. The first-order chi connectivity index (χ1) is 9.09. The van der Waals surface area contributed by atoms with E-state index >= 15 is 0 Å². The molecule has 0 heterocycles. The molecule has 106 valence electrons. The Hall–Kier alpha value is -1.75. The summed E-state index contributed by atoms with van der Waals surface area (Å²) < 4.78 is 5.61. The molecule has 0 radical (unpaired) electrons. The van der Waals surface area contributed by atoms with Crippen LogP contribution in [0.4, 0.5) is 4.79 Å². The van der Waals surface area contributed by atoms with E-state index in [9.17, 15) is 4.79 Å². The number of carbonyl (C=O) groups is 1. The molecule has 5 heteroatoms. The van der Waals surface area contributed by atoms with E-state index in [-0.39, 0.29) is 12.6 Å². The Balaban J connectivity index is 2.08. The molecule has 0 fully saturated rings. The van der Waals surface area contributed by atoms with Crippen LogP contribution in [0.5, 0.6) is 5.75 Å². The van der Waals surface area contributed by atoms with Gasteiger partial charge in [-0.1, -0.05) is 18.2 Å². The Morgan fingerprint density at radius 3 is 2.79 bits per heavy atom. The average molecular weight is 266 g/mol. The summed E-state index contributed by atoms with van der Waals surface area (Å²) in [6, 6.07) is 7.56. The van der Waals surface area contributed by atoms with Crippen LogP contribution in [0.1, 0.15) is 18.9 Å². The van der Waals surface area contributed by atoms with Gasteiger partial charge in [-0.15, -0.1) is 0 Å². The highest BCUT2D eigenvalue weighted by molar-refractivity contribution is 5.73. The highest BCUT2D eigenvalue weighted by Crippen LogP contribution is 2.15. The number of rotatable bonds is 7. The molecule has 19 heavy (non-hydrogen) atoms.